The molecule has 1 N–H and O–H groups in total. The number of hydrogen-bond donors (Lipinski definition) is 1. The summed E-state index contributed by atoms with van der Waals surface area (Å²) in [6.45, 7) is 9.79. The Morgan fingerprint density at radius 3 is 2.42 bits per heavy atom. The lowest BCUT2D eigenvalue weighted by Gasteiger charge is -2.18. The fraction of sp³-hybridized carbons (Fsp3) is 0.562. The first kappa shape index (κ1) is 14.4. The fourth-order valence-corrected chi connectivity index (χ4v) is 4.03. The maximum Gasteiger partial charge on any atom is 0.161 e. The molecule has 0 spiro atoms. The van der Waals surface area contributed by atoms with Crippen molar-refractivity contribution in [1.29, 1.82) is 0 Å². The molecule has 1 unspecified atom stereocenters. The summed E-state index contributed by atoms with van der Waals surface area (Å²) in [6.07, 6.45) is 2.50. The van der Waals surface area contributed by atoms with Crippen molar-refractivity contribution in [1.82, 2.24) is 0 Å². The van der Waals surface area contributed by atoms with Crippen LogP contribution in [-0.2, 0) is 0 Å². The highest BCUT2D eigenvalue weighted by molar-refractivity contribution is 8.15. The zero-order valence-corrected chi connectivity index (χ0v) is 13.2. The summed E-state index contributed by atoms with van der Waals surface area (Å²) < 4.78 is 0. The SMILES string of the molecule is CCC(CC)C1CN=C(Nc2cc(C)cc(C)c2)S1. The lowest BCUT2D eigenvalue weighted by molar-refractivity contribution is 0.479. The average Bonchev–Trinajstić information content (AvgIpc) is 2.78. The number of amidine groups is 1. The average molecular weight is 276 g/mol. The van der Waals surface area contributed by atoms with Crippen LogP contribution in [0.15, 0.2) is 23.2 Å². The molecule has 1 atom stereocenters. The Morgan fingerprint density at radius 2 is 1.84 bits per heavy atom. The van der Waals surface area contributed by atoms with E-state index in [-0.39, 0.29) is 0 Å². The molecule has 2 nitrogen and oxygen atoms in total. The summed E-state index contributed by atoms with van der Waals surface area (Å²) >= 11 is 1.91. The predicted molar refractivity (Wildman–Crippen MR) is 87.3 cm³/mol. The molecule has 0 saturated carbocycles. The Kier molecular flexibility index (Phi) is 4.92. The Morgan fingerprint density at radius 1 is 1.21 bits per heavy atom. The standard InChI is InChI=1S/C16H24N2S/c1-5-13(6-2)15-10-17-16(19-15)18-14-8-11(3)7-12(4)9-14/h7-9,13,15H,5-6,10H2,1-4H3,(H,17,18). The topological polar surface area (TPSA) is 24.4 Å². The lowest BCUT2D eigenvalue weighted by Crippen LogP contribution is -2.17. The van der Waals surface area contributed by atoms with Crippen molar-refractivity contribution in [2.45, 2.75) is 45.8 Å². The van der Waals surface area contributed by atoms with Crippen LogP contribution in [0.1, 0.15) is 37.8 Å². The van der Waals surface area contributed by atoms with Gasteiger partial charge in [0.15, 0.2) is 5.17 Å². The van der Waals surface area contributed by atoms with Crippen LogP contribution < -0.4 is 5.32 Å². The van der Waals surface area contributed by atoms with Gasteiger partial charge in [-0.05, 0) is 43.0 Å². The fourth-order valence-electron chi connectivity index (χ4n) is 2.69. The van der Waals surface area contributed by atoms with Gasteiger partial charge in [0, 0.05) is 10.9 Å². The number of hydrogen-bond acceptors (Lipinski definition) is 3. The van der Waals surface area contributed by atoms with Gasteiger partial charge in [0.1, 0.15) is 0 Å². The van der Waals surface area contributed by atoms with E-state index in [1.807, 2.05) is 11.8 Å². The number of nitrogens with zero attached hydrogens (tertiary/aromatic N) is 1. The molecule has 1 aromatic carbocycles. The van der Waals surface area contributed by atoms with E-state index in [9.17, 15) is 0 Å². The monoisotopic (exact) mass is 276 g/mol. The van der Waals surface area contributed by atoms with Crippen molar-refractivity contribution in [3.05, 3.63) is 29.3 Å². The zero-order chi connectivity index (χ0) is 13.8. The summed E-state index contributed by atoms with van der Waals surface area (Å²) in [5.74, 6) is 0.785. The molecule has 0 amide bonds. The van der Waals surface area contributed by atoms with Gasteiger partial charge in [-0.1, -0.05) is 44.5 Å². The van der Waals surface area contributed by atoms with E-state index < -0.39 is 0 Å². The largest absolute Gasteiger partial charge is 0.335 e. The van der Waals surface area contributed by atoms with Gasteiger partial charge in [-0.3, -0.25) is 4.99 Å². The van der Waals surface area contributed by atoms with Gasteiger partial charge in [-0.15, -0.1) is 0 Å². The number of aryl methyl sites for hydroxylation is 2. The van der Waals surface area contributed by atoms with Gasteiger partial charge in [-0.2, -0.15) is 0 Å². The Balaban J connectivity index is 1.98. The third kappa shape index (κ3) is 3.75. The number of thioether (sulfide) groups is 1. The molecule has 1 aliphatic heterocycles. The molecule has 104 valence electrons. The lowest BCUT2D eigenvalue weighted by atomic mass is 9.99. The van der Waals surface area contributed by atoms with E-state index in [2.05, 4.69) is 56.2 Å². The molecular weight excluding hydrogens is 252 g/mol. The normalized spacial score (nSPS) is 18.8. The quantitative estimate of drug-likeness (QED) is 0.867. The Labute approximate surface area is 121 Å². The second-order valence-electron chi connectivity index (χ2n) is 5.38. The molecule has 3 heteroatoms. The van der Waals surface area contributed by atoms with Crippen molar-refractivity contribution in [3.8, 4) is 0 Å². The van der Waals surface area contributed by atoms with Crippen LogP contribution in [0.4, 0.5) is 5.69 Å². The Bertz CT molecular complexity index is 444. The molecule has 1 aliphatic rings. The molecule has 0 bridgehead atoms. The van der Waals surface area contributed by atoms with E-state index >= 15 is 0 Å². The van der Waals surface area contributed by atoms with Gasteiger partial charge in [-0.25, -0.2) is 0 Å². The van der Waals surface area contributed by atoms with Crippen LogP contribution in [0, 0.1) is 19.8 Å². The Hall–Kier alpha value is -0.960. The smallest absolute Gasteiger partial charge is 0.161 e. The number of anilines is 1. The van der Waals surface area contributed by atoms with E-state index in [0.29, 0.717) is 5.25 Å². The van der Waals surface area contributed by atoms with Crippen molar-refractivity contribution in [3.63, 3.8) is 0 Å². The van der Waals surface area contributed by atoms with Gasteiger partial charge in [0.25, 0.3) is 0 Å². The van der Waals surface area contributed by atoms with Crippen molar-refractivity contribution < 1.29 is 0 Å². The summed E-state index contributed by atoms with van der Waals surface area (Å²) in [6, 6.07) is 6.56. The number of aliphatic imine (C=N–C) groups is 1. The second-order valence-corrected chi connectivity index (χ2v) is 6.61. The van der Waals surface area contributed by atoms with Crippen LogP contribution in [0.5, 0.6) is 0 Å². The summed E-state index contributed by atoms with van der Waals surface area (Å²) in [5.41, 5.74) is 3.75. The van der Waals surface area contributed by atoms with Crippen molar-refractivity contribution in [2.75, 3.05) is 11.9 Å². The summed E-state index contributed by atoms with van der Waals surface area (Å²) in [7, 11) is 0. The van der Waals surface area contributed by atoms with Crippen LogP contribution in [0.3, 0.4) is 0 Å². The molecule has 0 aromatic heterocycles. The molecular formula is C16H24N2S. The first-order valence-corrected chi connectivity index (χ1v) is 8.06. The number of rotatable bonds is 4. The molecule has 19 heavy (non-hydrogen) atoms. The molecule has 1 aromatic rings. The van der Waals surface area contributed by atoms with Crippen molar-refractivity contribution in [2.24, 2.45) is 10.9 Å². The highest BCUT2D eigenvalue weighted by Gasteiger charge is 2.25. The third-order valence-electron chi connectivity index (χ3n) is 3.73. The minimum atomic E-state index is 0.656. The van der Waals surface area contributed by atoms with Crippen LogP contribution in [0.2, 0.25) is 0 Å². The molecule has 1 heterocycles. The van der Waals surface area contributed by atoms with E-state index in [1.165, 1.54) is 24.0 Å². The maximum absolute atomic E-state index is 4.66. The van der Waals surface area contributed by atoms with Crippen molar-refractivity contribution >= 4 is 22.6 Å². The highest BCUT2D eigenvalue weighted by Crippen LogP contribution is 2.31. The molecule has 0 saturated heterocycles. The first-order valence-electron chi connectivity index (χ1n) is 7.18. The van der Waals surface area contributed by atoms with E-state index in [4.69, 9.17) is 0 Å². The number of nitrogens with one attached hydrogen (secondary N) is 1. The first-order chi connectivity index (χ1) is 9.12. The predicted octanol–water partition coefficient (Wildman–Crippen LogP) is 4.62. The van der Waals surface area contributed by atoms with E-state index in [1.54, 1.807) is 0 Å². The maximum atomic E-state index is 4.66. The van der Waals surface area contributed by atoms with Gasteiger partial charge in [0.05, 0.1) is 6.54 Å². The van der Waals surface area contributed by atoms with Gasteiger partial charge >= 0.3 is 0 Å². The summed E-state index contributed by atoms with van der Waals surface area (Å²) in [4.78, 5) is 4.66. The van der Waals surface area contributed by atoms with Crippen LogP contribution >= 0.6 is 11.8 Å². The highest BCUT2D eigenvalue weighted by atomic mass is 32.2. The summed E-state index contributed by atoms with van der Waals surface area (Å²) in [5, 5.41) is 5.21. The zero-order valence-electron chi connectivity index (χ0n) is 12.4. The molecule has 0 fully saturated rings. The van der Waals surface area contributed by atoms with E-state index in [0.717, 1.165) is 23.3 Å². The van der Waals surface area contributed by atoms with Gasteiger partial charge < -0.3 is 5.32 Å². The third-order valence-corrected chi connectivity index (χ3v) is 5.02. The molecule has 0 aliphatic carbocycles. The van der Waals surface area contributed by atoms with Crippen LogP contribution in [0.25, 0.3) is 0 Å². The van der Waals surface area contributed by atoms with Gasteiger partial charge in [0.2, 0.25) is 0 Å². The number of benzene rings is 1. The molecule has 2 rings (SSSR count). The van der Waals surface area contributed by atoms with Crippen LogP contribution in [-0.4, -0.2) is 17.0 Å². The second kappa shape index (κ2) is 6.47. The minimum Gasteiger partial charge on any atom is -0.335 e. The molecule has 0 radical (unpaired) electrons. The minimum absolute atomic E-state index is 0.656.